The van der Waals surface area contributed by atoms with E-state index in [-0.39, 0.29) is 22.8 Å². The Hall–Kier alpha value is -1.82. The van der Waals surface area contributed by atoms with Crippen LogP contribution < -0.4 is 10.9 Å². The fourth-order valence-corrected chi connectivity index (χ4v) is 4.11. The highest BCUT2D eigenvalue weighted by Gasteiger charge is 2.21. The fourth-order valence-electron chi connectivity index (χ4n) is 3.08. The van der Waals surface area contributed by atoms with Gasteiger partial charge in [-0.05, 0) is 45.2 Å². The molecule has 2 aromatic rings. The van der Waals surface area contributed by atoms with Crippen molar-refractivity contribution in [2.75, 3.05) is 6.54 Å². The molecule has 0 bridgehead atoms. The van der Waals surface area contributed by atoms with E-state index in [1.54, 1.807) is 4.57 Å². The molecule has 0 saturated carbocycles. The third kappa shape index (κ3) is 5.58. The Morgan fingerprint density at radius 3 is 2.56 bits per heavy atom. The Morgan fingerprint density at radius 1 is 1.19 bits per heavy atom. The largest absolute Gasteiger partial charge is 0.355 e. The van der Waals surface area contributed by atoms with E-state index >= 15 is 0 Å². The summed E-state index contributed by atoms with van der Waals surface area (Å²) in [4.78, 5) is 30.1. The average molecular weight is 390 g/mol. The van der Waals surface area contributed by atoms with Crippen molar-refractivity contribution in [3.63, 3.8) is 0 Å². The Balaban J connectivity index is 2.40. The van der Waals surface area contributed by atoms with Gasteiger partial charge in [0.1, 0.15) is 0 Å². The van der Waals surface area contributed by atoms with Gasteiger partial charge >= 0.3 is 0 Å². The molecule has 0 fully saturated rings. The van der Waals surface area contributed by atoms with E-state index < -0.39 is 0 Å². The molecule has 0 aliphatic carbocycles. The highest BCUT2D eigenvalue weighted by Crippen LogP contribution is 2.27. The molecule has 2 rings (SSSR count). The van der Waals surface area contributed by atoms with Gasteiger partial charge < -0.3 is 5.32 Å². The van der Waals surface area contributed by atoms with Crippen LogP contribution in [0.1, 0.15) is 59.9 Å². The molecule has 148 valence electrons. The minimum Gasteiger partial charge on any atom is -0.355 e. The molecule has 0 aliphatic rings. The number of para-hydroxylation sites is 1. The molecule has 1 heterocycles. The fraction of sp³-hybridized carbons (Fsp3) is 0.571. The van der Waals surface area contributed by atoms with Crippen molar-refractivity contribution in [1.29, 1.82) is 0 Å². The molecule has 0 spiro atoms. The van der Waals surface area contributed by atoms with Crippen molar-refractivity contribution in [2.45, 2.75) is 70.3 Å². The Kier molecular flexibility index (Phi) is 7.90. The second kappa shape index (κ2) is 9.93. The maximum Gasteiger partial charge on any atom is 0.262 e. The molecular formula is C21H31N3O2S. The maximum absolute atomic E-state index is 13.2. The number of hydrogen-bond acceptors (Lipinski definition) is 4. The summed E-state index contributed by atoms with van der Waals surface area (Å²) in [5.41, 5.74) is 0.655. The predicted octanol–water partition coefficient (Wildman–Crippen LogP) is 4.40. The summed E-state index contributed by atoms with van der Waals surface area (Å²) in [5, 5.41) is 3.77. The minimum absolute atomic E-state index is 0.0248. The molecule has 0 radical (unpaired) electrons. The number of carbonyl (C=O) groups is 1. The maximum atomic E-state index is 13.2. The van der Waals surface area contributed by atoms with Gasteiger partial charge in [0.25, 0.3) is 5.56 Å². The standard InChI is InChI=1S/C21H31N3O2S/c1-6-22-19(25)16(5)27-21-23-18-13-8-7-12-17(18)20(26)24(21)15(4)11-9-10-14(2)3/h7-8,12-16H,6,9-11H2,1-5H3,(H,22,25)/t15-,16-/m0/s1. The Labute approximate surface area is 166 Å². The van der Waals surface area contributed by atoms with Crippen molar-refractivity contribution < 1.29 is 4.79 Å². The van der Waals surface area contributed by atoms with Crippen LogP contribution in [0.4, 0.5) is 0 Å². The van der Waals surface area contributed by atoms with Gasteiger partial charge in [0.15, 0.2) is 5.16 Å². The van der Waals surface area contributed by atoms with E-state index in [1.165, 1.54) is 11.8 Å². The molecule has 5 nitrogen and oxygen atoms in total. The first kappa shape index (κ1) is 21.5. The summed E-state index contributed by atoms with van der Waals surface area (Å²) in [6, 6.07) is 7.46. The third-order valence-electron chi connectivity index (χ3n) is 4.62. The van der Waals surface area contributed by atoms with Crippen molar-refractivity contribution in [3.05, 3.63) is 34.6 Å². The summed E-state index contributed by atoms with van der Waals surface area (Å²) in [6.07, 6.45) is 3.12. The lowest BCUT2D eigenvalue weighted by Gasteiger charge is -2.21. The quantitative estimate of drug-likeness (QED) is 0.510. The van der Waals surface area contributed by atoms with Crippen molar-refractivity contribution in [2.24, 2.45) is 5.92 Å². The van der Waals surface area contributed by atoms with Crippen LogP contribution in [0.15, 0.2) is 34.2 Å². The van der Waals surface area contributed by atoms with E-state index in [4.69, 9.17) is 4.98 Å². The number of rotatable bonds is 9. The summed E-state index contributed by atoms with van der Waals surface area (Å²) < 4.78 is 1.78. The zero-order valence-corrected chi connectivity index (χ0v) is 17.8. The van der Waals surface area contributed by atoms with E-state index in [9.17, 15) is 9.59 Å². The number of benzene rings is 1. The second-order valence-corrected chi connectivity index (χ2v) is 8.72. The van der Waals surface area contributed by atoms with Crippen molar-refractivity contribution in [1.82, 2.24) is 14.9 Å². The smallest absolute Gasteiger partial charge is 0.262 e. The molecule has 27 heavy (non-hydrogen) atoms. The van der Waals surface area contributed by atoms with Crippen LogP contribution in [0.5, 0.6) is 0 Å². The number of hydrogen-bond donors (Lipinski definition) is 1. The SMILES string of the molecule is CCNC(=O)[C@H](C)Sc1nc2ccccc2c(=O)n1[C@@H](C)CCCC(C)C. The molecular weight excluding hydrogens is 358 g/mol. The van der Waals surface area contributed by atoms with Gasteiger partial charge in [-0.25, -0.2) is 4.98 Å². The van der Waals surface area contributed by atoms with Crippen LogP contribution in [0.3, 0.4) is 0 Å². The lowest BCUT2D eigenvalue weighted by atomic mass is 10.0. The summed E-state index contributed by atoms with van der Waals surface area (Å²) >= 11 is 1.36. The van der Waals surface area contributed by atoms with Gasteiger partial charge in [0.2, 0.25) is 5.91 Å². The molecule has 6 heteroatoms. The predicted molar refractivity (Wildman–Crippen MR) is 113 cm³/mol. The molecule has 1 N–H and O–H groups in total. The van der Waals surface area contributed by atoms with E-state index in [0.717, 1.165) is 19.3 Å². The van der Waals surface area contributed by atoms with Gasteiger partial charge in [0.05, 0.1) is 16.2 Å². The van der Waals surface area contributed by atoms with E-state index in [2.05, 4.69) is 26.1 Å². The lowest BCUT2D eigenvalue weighted by Crippen LogP contribution is -2.32. The zero-order valence-electron chi connectivity index (χ0n) is 17.0. The van der Waals surface area contributed by atoms with E-state index in [1.807, 2.05) is 38.1 Å². The molecule has 2 atom stereocenters. The molecule has 0 saturated heterocycles. The number of carbonyl (C=O) groups excluding carboxylic acids is 1. The number of amides is 1. The number of fused-ring (bicyclic) bond motifs is 1. The van der Waals surface area contributed by atoms with Crippen LogP contribution in [-0.4, -0.2) is 27.3 Å². The van der Waals surface area contributed by atoms with Gasteiger partial charge in [-0.2, -0.15) is 0 Å². The number of nitrogens with one attached hydrogen (secondary N) is 1. The minimum atomic E-state index is -0.313. The summed E-state index contributed by atoms with van der Waals surface area (Å²) in [6.45, 7) is 10.8. The highest BCUT2D eigenvalue weighted by atomic mass is 32.2. The van der Waals surface area contributed by atoms with Gasteiger partial charge in [0, 0.05) is 12.6 Å². The molecule has 0 aliphatic heterocycles. The van der Waals surface area contributed by atoms with Gasteiger partial charge in [-0.15, -0.1) is 0 Å². The Bertz CT molecular complexity index is 832. The van der Waals surface area contributed by atoms with E-state index in [0.29, 0.717) is 28.5 Å². The van der Waals surface area contributed by atoms with Crippen LogP contribution in [0, 0.1) is 5.92 Å². The molecule has 0 unspecified atom stereocenters. The van der Waals surface area contributed by atoms with Gasteiger partial charge in [-0.1, -0.05) is 50.6 Å². The molecule has 1 aromatic heterocycles. The van der Waals surface area contributed by atoms with Crippen molar-refractivity contribution >= 4 is 28.6 Å². The second-order valence-electron chi connectivity index (χ2n) is 7.42. The first-order chi connectivity index (χ1) is 12.8. The molecule has 1 aromatic carbocycles. The summed E-state index contributed by atoms with van der Waals surface area (Å²) in [7, 11) is 0. The summed E-state index contributed by atoms with van der Waals surface area (Å²) in [5.74, 6) is 0.610. The number of aromatic nitrogens is 2. The van der Waals surface area contributed by atoms with Crippen LogP contribution in [-0.2, 0) is 4.79 Å². The van der Waals surface area contributed by atoms with Crippen LogP contribution in [0.25, 0.3) is 10.9 Å². The van der Waals surface area contributed by atoms with Crippen LogP contribution in [0.2, 0.25) is 0 Å². The first-order valence-electron chi connectivity index (χ1n) is 9.80. The average Bonchev–Trinajstić information content (AvgIpc) is 2.61. The van der Waals surface area contributed by atoms with Crippen molar-refractivity contribution in [3.8, 4) is 0 Å². The number of thioether (sulfide) groups is 1. The third-order valence-corrected chi connectivity index (χ3v) is 5.69. The first-order valence-corrected chi connectivity index (χ1v) is 10.7. The lowest BCUT2D eigenvalue weighted by molar-refractivity contribution is -0.120. The van der Waals surface area contributed by atoms with Gasteiger partial charge in [-0.3, -0.25) is 14.2 Å². The highest BCUT2D eigenvalue weighted by molar-refractivity contribution is 8.00. The monoisotopic (exact) mass is 389 g/mol. The van der Waals surface area contributed by atoms with Crippen LogP contribution >= 0.6 is 11.8 Å². The normalized spacial score (nSPS) is 13.7. The zero-order chi connectivity index (χ0) is 20.0. The number of nitrogens with zero attached hydrogens (tertiary/aromatic N) is 2. The molecule has 1 amide bonds. The Morgan fingerprint density at radius 2 is 1.89 bits per heavy atom. The topological polar surface area (TPSA) is 64.0 Å².